The molecule has 0 rings (SSSR count). The van der Waals surface area contributed by atoms with Gasteiger partial charge in [-0.25, -0.2) is 0 Å². The van der Waals surface area contributed by atoms with Gasteiger partial charge >= 0.3 is 11.9 Å². The third-order valence-electron chi connectivity index (χ3n) is 3.69. The molecule has 0 fully saturated rings. The SMILES string of the molecule is CC/C=C\C/C=C\C/C=C\CCCCCC(=O)OC(CC)CC(=O)O. The molecule has 0 aliphatic carbocycles. The smallest absolute Gasteiger partial charge is 0.307 e. The summed E-state index contributed by atoms with van der Waals surface area (Å²) in [6.07, 6.45) is 20.3. The van der Waals surface area contributed by atoms with Crippen LogP contribution in [0.2, 0.25) is 0 Å². The Balaban J connectivity index is 3.59. The number of hydrogen-bond donors (Lipinski definition) is 1. The average Bonchev–Trinajstić information content (AvgIpc) is 2.58. The van der Waals surface area contributed by atoms with Crippen molar-refractivity contribution in [3.05, 3.63) is 36.5 Å². The molecule has 142 valence electrons. The molecule has 0 aliphatic heterocycles. The van der Waals surface area contributed by atoms with Crippen molar-refractivity contribution in [3.63, 3.8) is 0 Å². The van der Waals surface area contributed by atoms with Gasteiger partial charge in [0.15, 0.2) is 0 Å². The predicted octanol–water partition coefficient (Wildman–Crippen LogP) is 5.59. The highest BCUT2D eigenvalue weighted by molar-refractivity contribution is 5.71. The predicted molar refractivity (Wildman–Crippen MR) is 102 cm³/mol. The summed E-state index contributed by atoms with van der Waals surface area (Å²) < 4.78 is 5.17. The Bertz CT molecular complexity index is 435. The fourth-order valence-electron chi connectivity index (χ4n) is 2.24. The Kier molecular flexibility index (Phi) is 15.7. The van der Waals surface area contributed by atoms with Gasteiger partial charge in [-0.15, -0.1) is 0 Å². The summed E-state index contributed by atoms with van der Waals surface area (Å²) in [5.74, 6) is -1.22. The maximum Gasteiger partial charge on any atom is 0.307 e. The van der Waals surface area contributed by atoms with Gasteiger partial charge in [0.2, 0.25) is 0 Å². The van der Waals surface area contributed by atoms with Crippen molar-refractivity contribution < 1.29 is 19.4 Å². The second-order valence-electron chi connectivity index (χ2n) is 6.01. The minimum atomic E-state index is -0.932. The fourth-order valence-corrected chi connectivity index (χ4v) is 2.24. The van der Waals surface area contributed by atoms with Crippen LogP contribution >= 0.6 is 0 Å². The molecule has 0 heterocycles. The highest BCUT2D eigenvalue weighted by Crippen LogP contribution is 2.09. The van der Waals surface area contributed by atoms with E-state index in [1.54, 1.807) is 0 Å². The summed E-state index contributed by atoms with van der Waals surface area (Å²) in [5.41, 5.74) is 0. The quantitative estimate of drug-likeness (QED) is 0.237. The van der Waals surface area contributed by atoms with Crippen molar-refractivity contribution in [3.8, 4) is 0 Å². The summed E-state index contributed by atoms with van der Waals surface area (Å²) in [5, 5.41) is 8.72. The lowest BCUT2D eigenvalue weighted by molar-refractivity contribution is -0.153. The molecule has 4 heteroatoms. The molecule has 1 N–H and O–H groups in total. The van der Waals surface area contributed by atoms with Gasteiger partial charge in [-0.2, -0.15) is 0 Å². The van der Waals surface area contributed by atoms with Crippen molar-refractivity contribution in [2.45, 2.75) is 84.2 Å². The number of allylic oxidation sites excluding steroid dienone is 6. The molecule has 4 nitrogen and oxygen atoms in total. The largest absolute Gasteiger partial charge is 0.481 e. The third kappa shape index (κ3) is 16.8. The number of carboxylic acid groups (broad SMARTS) is 1. The van der Waals surface area contributed by atoms with Crippen molar-refractivity contribution in [2.24, 2.45) is 0 Å². The van der Waals surface area contributed by atoms with Gasteiger partial charge in [0.25, 0.3) is 0 Å². The van der Waals surface area contributed by atoms with Crippen LogP contribution in [0.5, 0.6) is 0 Å². The summed E-state index contributed by atoms with van der Waals surface area (Å²) in [6, 6.07) is 0. The van der Waals surface area contributed by atoms with Gasteiger partial charge in [-0.1, -0.05) is 56.7 Å². The van der Waals surface area contributed by atoms with Crippen LogP contribution in [0.3, 0.4) is 0 Å². The molecule has 0 amide bonds. The number of unbranched alkanes of at least 4 members (excludes halogenated alkanes) is 3. The van der Waals surface area contributed by atoms with Crippen molar-refractivity contribution in [1.82, 2.24) is 0 Å². The monoisotopic (exact) mass is 350 g/mol. The minimum Gasteiger partial charge on any atom is -0.481 e. The normalized spacial score (nSPS) is 13.0. The molecule has 0 saturated carbocycles. The third-order valence-corrected chi connectivity index (χ3v) is 3.69. The average molecular weight is 350 g/mol. The van der Waals surface area contributed by atoms with E-state index >= 15 is 0 Å². The minimum absolute atomic E-state index is 0.115. The first kappa shape index (κ1) is 23.2. The number of aliphatic carboxylic acids is 1. The lowest BCUT2D eigenvalue weighted by atomic mass is 10.1. The van der Waals surface area contributed by atoms with Gasteiger partial charge in [0.1, 0.15) is 6.10 Å². The maximum atomic E-state index is 11.7. The van der Waals surface area contributed by atoms with Crippen LogP contribution in [-0.2, 0) is 14.3 Å². The number of ether oxygens (including phenoxy) is 1. The van der Waals surface area contributed by atoms with Crippen LogP contribution in [0.1, 0.15) is 78.1 Å². The van der Waals surface area contributed by atoms with Gasteiger partial charge < -0.3 is 9.84 Å². The molecule has 25 heavy (non-hydrogen) atoms. The standard InChI is InChI=1S/C21H34O4/c1-3-5-6-7-8-9-10-11-12-13-14-15-16-17-21(24)25-19(4-2)18-20(22)23/h5-6,8-9,11-12,19H,3-4,7,10,13-18H2,1-2H3,(H,22,23)/b6-5-,9-8-,12-11-. The molecule has 0 aromatic carbocycles. The Morgan fingerprint density at radius 3 is 2.16 bits per heavy atom. The first-order valence-corrected chi connectivity index (χ1v) is 9.46. The number of carbonyl (C=O) groups excluding carboxylic acids is 1. The molecule has 1 atom stereocenters. The summed E-state index contributed by atoms with van der Waals surface area (Å²) in [7, 11) is 0. The van der Waals surface area contributed by atoms with E-state index in [4.69, 9.17) is 9.84 Å². The van der Waals surface area contributed by atoms with Gasteiger partial charge in [0, 0.05) is 6.42 Å². The molecule has 0 spiro atoms. The summed E-state index contributed by atoms with van der Waals surface area (Å²) >= 11 is 0. The van der Waals surface area contributed by atoms with Crippen LogP contribution in [0.25, 0.3) is 0 Å². The van der Waals surface area contributed by atoms with Crippen LogP contribution in [0, 0.1) is 0 Å². The molecular weight excluding hydrogens is 316 g/mol. The first-order valence-electron chi connectivity index (χ1n) is 9.46. The lowest BCUT2D eigenvalue weighted by Gasteiger charge is -2.13. The van der Waals surface area contributed by atoms with Gasteiger partial charge in [0.05, 0.1) is 6.42 Å². The molecule has 0 saturated heterocycles. The zero-order valence-corrected chi connectivity index (χ0v) is 15.8. The summed E-state index contributed by atoms with van der Waals surface area (Å²) in [6.45, 7) is 3.96. The van der Waals surface area contributed by atoms with Gasteiger partial charge in [-0.3, -0.25) is 9.59 Å². The number of rotatable bonds is 15. The fraction of sp³-hybridized carbons (Fsp3) is 0.619. The molecule has 0 aliphatic rings. The first-order chi connectivity index (χ1) is 12.1. The van der Waals surface area contributed by atoms with Crippen molar-refractivity contribution in [2.75, 3.05) is 0 Å². The van der Waals surface area contributed by atoms with Crippen LogP contribution in [0.15, 0.2) is 36.5 Å². The van der Waals surface area contributed by atoms with E-state index < -0.39 is 12.1 Å². The van der Waals surface area contributed by atoms with E-state index in [0.29, 0.717) is 12.8 Å². The van der Waals surface area contributed by atoms with E-state index in [1.165, 1.54) is 0 Å². The van der Waals surface area contributed by atoms with E-state index in [2.05, 4.69) is 43.4 Å². The van der Waals surface area contributed by atoms with E-state index in [9.17, 15) is 9.59 Å². The Morgan fingerprint density at radius 1 is 0.920 bits per heavy atom. The van der Waals surface area contributed by atoms with Crippen molar-refractivity contribution in [1.29, 1.82) is 0 Å². The zero-order chi connectivity index (χ0) is 18.8. The maximum absolute atomic E-state index is 11.7. The lowest BCUT2D eigenvalue weighted by Crippen LogP contribution is -2.20. The molecule has 0 aromatic heterocycles. The van der Waals surface area contributed by atoms with E-state index in [0.717, 1.165) is 44.9 Å². The van der Waals surface area contributed by atoms with E-state index in [-0.39, 0.29) is 12.4 Å². The summed E-state index contributed by atoms with van der Waals surface area (Å²) in [4.78, 5) is 22.3. The Hall–Kier alpha value is -1.84. The molecule has 0 radical (unpaired) electrons. The van der Waals surface area contributed by atoms with Crippen LogP contribution < -0.4 is 0 Å². The Labute approximate surface area is 152 Å². The van der Waals surface area contributed by atoms with E-state index in [1.807, 2.05) is 6.92 Å². The second kappa shape index (κ2) is 17.0. The van der Waals surface area contributed by atoms with Crippen LogP contribution in [0.4, 0.5) is 0 Å². The van der Waals surface area contributed by atoms with Crippen LogP contribution in [-0.4, -0.2) is 23.1 Å². The Morgan fingerprint density at radius 2 is 1.56 bits per heavy atom. The number of esters is 1. The molecular formula is C21H34O4. The number of carbonyl (C=O) groups is 2. The van der Waals surface area contributed by atoms with Gasteiger partial charge in [-0.05, 0) is 44.9 Å². The number of carboxylic acids is 1. The molecule has 0 bridgehead atoms. The highest BCUT2D eigenvalue weighted by Gasteiger charge is 2.15. The molecule has 0 aromatic rings. The van der Waals surface area contributed by atoms with Crippen molar-refractivity contribution >= 4 is 11.9 Å². The topological polar surface area (TPSA) is 63.6 Å². The number of hydrogen-bond acceptors (Lipinski definition) is 3. The zero-order valence-electron chi connectivity index (χ0n) is 15.8. The second-order valence-corrected chi connectivity index (χ2v) is 6.01. The molecule has 1 unspecified atom stereocenters. The highest BCUT2D eigenvalue weighted by atomic mass is 16.5.